The number of ether oxygens (including phenoxy) is 2. The summed E-state index contributed by atoms with van der Waals surface area (Å²) in [5, 5.41) is 43.4. The van der Waals surface area contributed by atoms with Gasteiger partial charge in [-0.2, -0.15) is 5.11 Å². The van der Waals surface area contributed by atoms with E-state index in [4.69, 9.17) is 15.0 Å². The van der Waals surface area contributed by atoms with E-state index < -0.39 is 79.6 Å². The highest BCUT2D eigenvalue weighted by Gasteiger charge is 2.56. The van der Waals surface area contributed by atoms with E-state index in [2.05, 4.69) is 25.9 Å². The van der Waals surface area contributed by atoms with Crippen molar-refractivity contribution in [3.8, 4) is 11.1 Å². The second kappa shape index (κ2) is 16.0. The Morgan fingerprint density at radius 1 is 1.14 bits per heavy atom. The molecule has 15 nitrogen and oxygen atoms in total. The Bertz CT molecular complexity index is 1330. The number of nitrogens with one attached hydrogen (secondary N) is 3. The van der Waals surface area contributed by atoms with Crippen LogP contribution in [0, 0.1) is 10.4 Å². The highest BCUT2D eigenvalue weighted by molar-refractivity contribution is 5.94. The maximum atomic E-state index is 12.8. The molecule has 6 N–H and O–H groups in total. The van der Waals surface area contributed by atoms with Crippen molar-refractivity contribution in [2.24, 2.45) is 15.3 Å². The summed E-state index contributed by atoms with van der Waals surface area (Å²) >= 11 is 0. The lowest BCUT2D eigenvalue weighted by Gasteiger charge is -2.46. The minimum Gasteiger partial charge on any atom is -0.391 e. The highest BCUT2D eigenvalue weighted by atomic mass is 16.7. The van der Waals surface area contributed by atoms with Crippen LogP contribution in [0.3, 0.4) is 0 Å². The molecule has 0 saturated carbocycles. The molecule has 1 aliphatic heterocycles. The standard InChI is InChI=1S/C29H36N6O9/c1-3-31-14-21(34-30)16-43-29(28(41)35-42)13-22(37)24(33-17(2)36)26(44-29)25(39)23(38)15-32-27(40)20-11-9-19(10-12-20)18-7-5-4-6-8-18/h4-12,14,21-26,30,37-39H,3,13,15-16H2,1-2H3,(H,32,40)(H,33,36). The van der Waals surface area contributed by atoms with E-state index in [1.165, 1.54) is 6.21 Å². The molecule has 1 heterocycles. The third-order valence-electron chi connectivity index (χ3n) is 6.92. The molecule has 1 aliphatic rings. The average molecular weight is 613 g/mol. The van der Waals surface area contributed by atoms with Gasteiger partial charge in [0.25, 0.3) is 11.7 Å². The summed E-state index contributed by atoms with van der Waals surface area (Å²) in [4.78, 5) is 52.6. The Morgan fingerprint density at radius 3 is 2.39 bits per heavy atom. The topological polar surface area (TPSA) is 232 Å². The molecule has 1 fully saturated rings. The lowest BCUT2D eigenvalue weighted by Crippen LogP contribution is -2.68. The number of hydrogen-bond acceptors (Lipinski definition) is 12. The van der Waals surface area contributed by atoms with Crippen LogP contribution in [0.1, 0.15) is 30.6 Å². The number of carbonyl (C=O) groups is 3. The quantitative estimate of drug-likeness (QED) is 0.101. The van der Waals surface area contributed by atoms with Crippen LogP contribution in [-0.2, 0) is 19.1 Å². The smallest absolute Gasteiger partial charge is 0.345 e. The van der Waals surface area contributed by atoms with Crippen LogP contribution >= 0.6 is 0 Å². The number of benzene rings is 2. The zero-order valence-electron chi connectivity index (χ0n) is 24.2. The first-order chi connectivity index (χ1) is 21.0. The Morgan fingerprint density at radius 2 is 1.80 bits per heavy atom. The summed E-state index contributed by atoms with van der Waals surface area (Å²) in [5.41, 5.74) is 9.45. The maximum Gasteiger partial charge on any atom is 0.345 e. The Labute approximate surface area is 253 Å². The van der Waals surface area contributed by atoms with E-state index in [1.54, 1.807) is 31.2 Å². The Hall–Kier alpha value is -4.28. The molecule has 3 rings (SSSR count). The van der Waals surface area contributed by atoms with Crippen molar-refractivity contribution in [1.29, 1.82) is 5.53 Å². The van der Waals surface area contributed by atoms with Gasteiger partial charge in [0.15, 0.2) is 0 Å². The predicted molar refractivity (Wildman–Crippen MR) is 157 cm³/mol. The normalized spacial score (nSPS) is 23.7. The number of nitrogens with zero attached hydrogens (tertiary/aromatic N) is 3. The molecule has 0 aromatic heterocycles. The third kappa shape index (κ3) is 8.64. The van der Waals surface area contributed by atoms with E-state index in [0.717, 1.165) is 18.1 Å². The van der Waals surface area contributed by atoms with Gasteiger partial charge in [-0.15, -0.1) is 4.91 Å². The predicted octanol–water partition coefficient (Wildman–Crippen LogP) is 0.956. The number of aliphatic imine (C=N–C) groups is 1. The monoisotopic (exact) mass is 612 g/mol. The first kappa shape index (κ1) is 34.2. The average Bonchev–Trinajstić information content (AvgIpc) is 3.04. The van der Waals surface area contributed by atoms with Crippen molar-refractivity contribution < 1.29 is 39.2 Å². The van der Waals surface area contributed by atoms with Crippen molar-refractivity contribution in [2.45, 2.75) is 62.6 Å². The number of nitroso groups, excluding NO2 is 1. The van der Waals surface area contributed by atoms with E-state index >= 15 is 0 Å². The van der Waals surface area contributed by atoms with Crippen LogP contribution in [0.15, 0.2) is 69.9 Å². The molecule has 0 spiro atoms. The Kier molecular flexibility index (Phi) is 12.4. The fourth-order valence-electron chi connectivity index (χ4n) is 4.66. The van der Waals surface area contributed by atoms with Crippen molar-refractivity contribution >= 4 is 23.9 Å². The second-order valence-corrected chi connectivity index (χ2v) is 10.1. The van der Waals surface area contributed by atoms with Gasteiger partial charge >= 0.3 is 5.91 Å². The Balaban J connectivity index is 1.77. The molecule has 7 atom stereocenters. The van der Waals surface area contributed by atoms with Gasteiger partial charge in [-0.25, -0.2) is 5.53 Å². The molecule has 1 saturated heterocycles. The van der Waals surface area contributed by atoms with Gasteiger partial charge in [-0.3, -0.25) is 19.4 Å². The van der Waals surface area contributed by atoms with E-state index in [0.29, 0.717) is 6.54 Å². The number of hydrogen-bond donors (Lipinski definition) is 6. The van der Waals surface area contributed by atoms with Crippen LogP contribution < -0.4 is 10.6 Å². The van der Waals surface area contributed by atoms with Gasteiger partial charge in [-0.05, 0) is 30.2 Å². The molecule has 44 heavy (non-hydrogen) atoms. The van der Waals surface area contributed by atoms with Crippen LogP contribution in [0.5, 0.6) is 0 Å². The van der Waals surface area contributed by atoms with Gasteiger partial charge in [0.2, 0.25) is 5.91 Å². The summed E-state index contributed by atoms with van der Waals surface area (Å²) in [6.45, 7) is 2.27. The first-order valence-electron chi connectivity index (χ1n) is 13.9. The van der Waals surface area contributed by atoms with Crippen molar-refractivity contribution in [2.75, 3.05) is 19.7 Å². The third-order valence-corrected chi connectivity index (χ3v) is 6.92. The minimum atomic E-state index is -2.55. The highest BCUT2D eigenvalue weighted by Crippen LogP contribution is 2.34. The molecule has 2 aromatic rings. The van der Waals surface area contributed by atoms with E-state index in [-0.39, 0.29) is 5.56 Å². The van der Waals surface area contributed by atoms with Crippen LogP contribution in [0.25, 0.3) is 11.1 Å². The molecule has 15 heteroatoms. The lowest BCUT2D eigenvalue weighted by molar-refractivity contribution is -0.301. The molecular formula is C29H36N6O9. The zero-order chi connectivity index (χ0) is 32.3. The lowest BCUT2D eigenvalue weighted by atomic mass is 9.88. The van der Waals surface area contributed by atoms with Gasteiger partial charge in [0.05, 0.1) is 24.9 Å². The SMILES string of the molecule is CCN=CC(COC1(C(=O)N=O)CC(O)C(NC(C)=O)C(C(O)C(O)CNC(=O)c2ccc(-c3ccccc3)cc2)O1)N=N. The number of rotatable bonds is 14. The van der Waals surface area contributed by atoms with Crippen LogP contribution in [-0.4, -0.2) is 101 Å². The van der Waals surface area contributed by atoms with Crippen molar-refractivity contribution in [3.63, 3.8) is 0 Å². The number of carbonyl (C=O) groups excluding carboxylic acids is 3. The van der Waals surface area contributed by atoms with E-state index in [9.17, 15) is 34.6 Å². The fraction of sp³-hybridized carbons (Fsp3) is 0.448. The van der Waals surface area contributed by atoms with E-state index in [1.807, 2.05) is 30.3 Å². The summed E-state index contributed by atoms with van der Waals surface area (Å²) < 4.78 is 11.3. The molecular weight excluding hydrogens is 576 g/mol. The van der Waals surface area contributed by atoms with Gasteiger partial charge in [-0.1, -0.05) is 42.5 Å². The largest absolute Gasteiger partial charge is 0.391 e. The molecule has 0 radical (unpaired) electrons. The minimum absolute atomic E-state index is 0.280. The van der Waals surface area contributed by atoms with Gasteiger partial charge < -0.3 is 35.4 Å². The van der Waals surface area contributed by atoms with Gasteiger partial charge in [0.1, 0.15) is 18.2 Å². The second-order valence-electron chi connectivity index (χ2n) is 10.1. The summed E-state index contributed by atoms with van der Waals surface area (Å²) in [5.74, 6) is -5.23. The van der Waals surface area contributed by atoms with Crippen molar-refractivity contribution in [3.05, 3.63) is 65.1 Å². The van der Waals surface area contributed by atoms with Crippen LogP contribution in [0.2, 0.25) is 0 Å². The zero-order valence-corrected chi connectivity index (χ0v) is 24.2. The van der Waals surface area contributed by atoms with Crippen molar-refractivity contribution in [1.82, 2.24) is 10.6 Å². The summed E-state index contributed by atoms with van der Waals surface area (Å²) in [6, 6.07) is 13.9. The summed E-state index contributed by atoms with van der Waals surface area (Å²) in [6.07, 6.45) is -6.41. The molecule has 2 aromatic carbocycles. The maximum absolute atomic E-state index is 12.8. The molecule has 7 unspecified atom stereocenters. The number of amides is 3. The molecule has 3 amide bonds. The van der Waals surface area contributed by atoms with Gasteiger partial charge in [0, 0.05) is 43.4 Å². The number of aliphatic hydroxyl groups is 3. The molecule has 0 aliphatic carbocycles. The molecule has 236 valence electrons. The fourth-order valence-corrected chi connectivity index (χ4v) is 4.66. The molecule has 0 bridgehead atoms. The van der Waals surface area contributed by atoms with Crippen LogP contribution in [0.4, 0.5) is 0 Å². The first-order valence-corrected chi connectivity index (χ1v) is 13.9. The number of aliphatic hydroxyl groups excluding tert-OH is 3. The summed E-state index contributed by atoms with van der Waals surface area (Å²) in [7, 11) is 0.